The van der Waals surface area contributed by atoms with E-state index in [1.165, 1.54) is 16.9 Å². The number of anilines is 1. The standard InChI is InChI=1S/C17H22N2OS/c1-4-6-7-16(20)19(5-2)17-18-15(12-21-17)14-10-8-13(3)9-11-14/h8-12H,4-7H2,1-3H3. The Hall–Kier alpha value is -1.68. The number of unbranched alkanes of at least 4 members (excludes halogenated alkanes) is 1. The van der Waals surface area contributed by atoms with E-state index in [1.807, 2.05) is 12.3 Å². The van der Waals surface area contributed by atoms with E-state index in [9.17, 15) is 4.79 Å². The quantitative estimate of drug-likeness (QED) is 0.777. The van der Waals surface area contributed by atoms with E-state index in [1.54, 1.807) is 4.90 Å². The van der Waals surface area contributed by atoms with Crippen LogP contribution in [0.2, 0.25) is 0 Å². The summed E-state index contributed by atoms with van der Waals surface area (Å²) in [6.07, 6.45) is 2.57. The lowest BCUT2D eigenvalue weighted by molar-refractivity contribution is -0.118. The van der Waals surface area contributed by atoms with Gasteiger partial charge in [0.1, 0.15) is 0 Å². The van der Waals surface area contributed by atoms with Crippen LogP contribution in [0.1, 0.15) is 38.7 Å². The summed E-state index contributed by atoms with van der Waals surface area (Å²) in [5, 5.41) is 2.82. The second-order valence-corrected chi connectivity index (χ2v) is 5.96. The number of hydrogen-bond acceptors (Lipinski definition) is 3. The molecular formula is C17H22N2OS. The van der Waals surface area contributed by atoms with Gasteiger partial charge >= 0.3 is 0 Å². The van der Waals surface area contributed by atoms with E-state index < -0.39 is 0 Å². The van der Waals surface area contributed by atoms with Crippen molar-refractivity contribution in [3.63, 3.8) is 0 Å². The Morgan fingerprint density at radius 2 is 1.95 bits per heavy atom. The van der Waals surface area contributed by atoms with Crippen LogP contribution < -0.4 is 4.90 Å². The highest BCUT2D eigenvalue weighted by atomic mass is 32.1. The van der Waals surface area contributed by atoms with E-state index in [0.29, 0.717) is 13.0 Å². The number of nitrogens with zero attached hydrogens (tertiary/aromatic N) is 2. The van der Waals surface area contributed by atoms with Crippen LogP contribution in [0.4, 0.5) is 5.13 Å². The summed E-state index contributed by atoms with van der Waals surface area (Å²) < 4.78 is 0. The van der Waals surface area contributed by atoms with E-state index in [2.05, 4.69) is 43.1 Å². The predicted molar refractivity (Wildman–Crippen MR) is 89.8 cm³/mol. The molecule has 3 nitrogen and oxygen atoms in total. The summed E-state index contributed by atoms with van der Waals surface area (Å²) in [6.45, 7) is 6.84. The minimum Gasteiger partial charge on any atom is -0.288 e. The number of thiazole rings is 1. The van der Waals surface area contributed by atoms with E-state index >= 15 is 0 Å². The number of carbonyl (C=O) groups is 1. The van der Waals surface area contributed by atoms with Crippen LogP contribution in [0.5, 0.6) is 0 Å². The second kappa shape index (κ2) is 7.36. The van der Waals surface area contributed by atoms with Gasteiger partial charge in [-0.2, -0.15) is 0 Å². The molecule has 0 bridgehead atoms. The van der Waals surface area contributed by atoms with Gasteiger partial charge in [-0.25, -0.2) is 4.98 Å². The maximum atomic E-state index is 12.2. The number of hydrogen-bond donors (Lipinski definition) is 0. The van der Waals surface area contributed by atoms with Crippen molar-refractivity contribution in [3.8, 4) is 11.3 Å². The van der Waals surface area contributed by atoms with Gasteiger partial charge in [0.05, 0.1) is 5.69 Å². The summed E-state index contributed by atoms with van der Waals surface area (Å²) in [4.78, 5) is 18.6. The van der Waals surface area contributed by atoms with Gasteiger partial charge in [0.25, 0.3) is 0 Å². The summed E-state index contributed by atoms with van der Waals surface area (Å²) in [7, 11) is 0. The number of benzene rings is 1. The number of aryl methyl sites for hydroxylation is 1. The van der Waals surface area contributed by atoms with Crippen LogP contribution >= 0.6 is 11.3 Å². The van der Waals surface area contributed by atoms with Crippen molar-refractivity contribution in [2.45, 2.75) is 40.0 Å². The van der Waals surface area contributed by atoms with Crippen LogP contribution in [0.25, 0.3) is 11.3 Å². The second-order valence-electron chi connectivity index (χ2n) is 5.12. The number of rotatable bonds is 6. The molecule has 4 heteroatoms. The van der Waals surface area contributed by atoms with Crippen LogP contribution in [-0.2, 0) is 4.79 Å². The molecular weight excluding hydrogens is 280 g/mol. The summed E-state index contributed by atoms with van der Waals surface area (Å²) >= 11 is 1.54. The fraction of sp³-hybridized carbons (Fsp3) is 0.412. The van der Waals surface area contributed by atoms with E-state index in [0.717, 1.165) is 29.2 Å². The lowest BCUT2D eigenvalue weighted by Crippen LogP contribution is -2.30. The van der Waals surface area contributed by atoms with Gasteiger partial charge in [-0.15, -0.1) is 11.3 Å². The Kier molecular flexibility index (Phi) is 5.51. The van der Waals surface area contributed by atoms with Crippen molar-refractivity contribution in [3.05, 3.63) is 35.2 Å². The van der Waals surface area contributed by atoms with Gasteiger partial charge < -0.3 is 0 Å². The minimum atomic E-state index is 0.171. The molecule has 2 aromatic rings. The maximum Gasteiger partial charge on any atom is 0.228 e. The first-order valence-electron chi connectivity index (χ1n) is 7.48. The average Bonchev–Trinajstić information content (AvgIpc) is 2.96. The highest BCUT2D eigenvalue weighted by Crippen LogP contribution is 2.28. The molecule has 112 valence electrons. The van der Waals surface area contributed by atoms with E-state index in [4.69, 9.17) is 0 Å². The largest absolute Gasteiger partial charge is 0.288 e. The zero-order valence-electron chi connectivity index (χ0n) is 12.9. The Morgan fingerprint density at radius 1 is 1.24 bits per heavy atom. The highest BCUT2D eigenvalue weighted by Gasteiger charge is 2.17. The molecule has 1 amide bonds. The molecule has 0 aliphatic carbocycles. The topological polar surface area (TPSA) is 33.2 Å². The van der Waals surface area contributed by atoms with Crippen molar-refractivity contribution in [2.24, 2.45) is 0 Å². The summed E-state index contributed by atoms with van der Waals surface area (Å²) in [5.74, 6) is 0.171. The van der Waals surface area contributed by atoms with Gasteiger partial charge in [0.15, 0.2) is 5.13 Å². The van der Waals surface area contributed by atoms with Crippen molar-refractivity contribution >= 4 is 22.4 Å². The van der Waals surface area contributed by atoms with Gasteiger partial charge in [-0.3, -0.25) is 9.69 Å². The average molecular weight is 302 g/mol. The Labute approximate surface area is 130 Å². The molecule has 0 unspecified atom stereocenters. The smallest absolute Gasteiger partial charge is 0.228 e. The van der Waals surface area contributed by atoms with Crippen molar-refractivity contribution in [1.82, 2.24) is 4.98 Å². The van der Waals surface area contributed by atoms with Crippen LogP contribution in [-0.4, -0.2) is 17.4 Å². The summed E-state index contributed by atoms with van der Waals surface area (Å²) in [5.41, 5.74) is 3.27. The molecule has 0 fully saturated rings. The molecule has 0 aliphatic rings. The lowest BCUT2D eigenvalue weighted by Gasteiger charge is -2.17. The predicted octanol–water partition coefficient (Wildman–Crippen LogP) is 4.66. The van der Waals surface area contributed by atoms with Crippen molar-refractivity contribution in [2.75, 3.05) is 11.4 Å². The third-order valence-corrected chi connectivity index (χ3v) is 4.30. The molecule has 1 aromatic heterocycles. The molecule has 0 saturated heterocycles. The SMILES string of the molecule is CCCCC(=O)N(CC)c1nc(-c2ccc(C)cc2)cs1. The molecule has 0 radical (unpaired) electrons. The van der Waals surface area contributed by atoms with Gasteiger partial charge in [0.2, 0.25) is 5.91 Å². The monoisotopic (exact) mass is 302 g/mol. The van der Waals surface area contributed by atoms with E-state index in [-0.39, 0.29) is 5.91 Å². The first kappa shape index (κ1) is 15.7. The fourth-order valence-electron chi connectivity index (χ4n) is 2.13. The minimum absolute atomic E-state index is 0.171. The lowest BCUT2D eigenvalue weighted by atomic mass is 10.1. The molecule has 1 aromatic carbocycles. The van der Waals surface area contributed by atoms with Crippen molar-refractivity contribution < 1.29 is 4.79 Å². The number of aromatic nitrogens is 1. The molecule has 0 aliphatic heterocycles. The molecule has 1 heterocycles. The van der Waals surface area contributed by atoms with Crippen LogP contribution in [0.3, 0.4) is 0 Å². The zero-order valence-corrected chi connectivity index (χ0v) is 13.7. The first-order chi connectivity index (χ1) is 10.2. The number of carbonyl (C=O) groups excluding carboxylic acids is 1. The van der Waals surface area contributed by atoms with Gasteiger partial charge in [-0.05, 0) is 20.3 Å². The molecule has 0 N–H and O–H groups in total. The number of amides is 1. The molecule has 0 atom stereocenters. The van der Waals surface area contributed by atoms with Crippen LogP contribution in [0, 0.1) is 6.92 Å². The molecule has 0 spiro atoms. The molecule has 21 heavy (non-hydrogen) atoms. The third-order valence-electron chi connectivity index (χ3n) is 3.43. The fourth-order valence-corrected chi connectivity index (χ4v) is 3.04. The Balaban J connectivity index is 2.17. The highest BCUT2D eigenvalue weighted by molar-refractivity contribution is 7.14. The van der Waals surface area contributed by atoms with Crippen molar-refractivity contribution in [1.29, 1.82) is 0 Å². The molecule has 0 saturated carbocycles. The Bertz CT molecular complexity index is 589. The normalized spacial score (nSPS) is 10.6. The third kappa shape index (κ3) is 3.91. The van der Waals surface area contributed by atoms with Gasteiger partial charge in [0, 0.05) is 23.9 Å². The zero-order chi connectivity index (χ0) is 15.2. The molecule has 2 rings (SSSR count). The Morgan fingerprint density at radius 3 is 2.57 bits per heavy atom. The maximum absolute atomic E-state index is 12.2. The first-order valence-corrected chi connectivity index (χ1v) is 8.36. The summed E-state index contributed by atoms with van der Waals surface area (Å²) in [6, 6.07) is 8.31. The van der Waals surface area contributed by atoms with Gasteiger partial charge in [-0.1, -0.05) is 43.2 Å². The van der Waals surface area contributed by atoms with Crippen LogP contribution in [0.15, 0.2) is 29.6 Å².